The van der Waals surface area contributed by atoms with Crippen molar-refractivity contribution >= 4 is 29.1 Å². The normalized spacial score (nSPS) is 9.83. The molecular formula is C10H12N4O3S. The molecule has 0 fully saturated rings. The fraction of sp³-hybridized carbons (Fsp3) is 0.200. The monoisotopic (exact) mass is 268 g/mol. The molecule has 0 aliphatic rings. The summed E-state index contributed by atoms with van der Waals surface area (Å²) in [6, 6.07) is 2.12. The summed E-state index contributed by atoms with van der Waals surface area (Å²) in [5, 5.41) is 1.87. The highest BCUT2D eigenvalue weighted by atomic mass is 32.1. The Morgan fingerprint density at radius 3 is 2.50 bits per heavy atom. The highest BCUT2D eigenvalue weighted by Gasteiger charge is 2.12. The van der Waals surface area contributed by atoms with Crippen LogP contribution in [0.4, 0.5) is 4.79 Å². The van der Waals surface area contributed by atoms with Gasteiger partial charge in [-0.15, -0.1) is 0 Å². The molecule has 1 heterocycles. The number of carbonyl (C=O) groups is 2. The van der Waals surface area contributed by atoms with Gasteiger partial charge in [0.15, 0.2) is 0 Å². The number of carbonyl (C=O) groups excluding carboxylic acids is 2. The Morgan fingerprint density at radius 1 is 1.39 bits per heavy atom. The van der Waals surface area contributed by atoms with E-state index in [1.807, 2.05) is 5.32 Å². The summed E-state index contributed by atoms with van der Waals surface area (Å²) in [7, 11) is 0. The minimum absolute atomic E-state index is 0.0518. The van der Waals surface area contributed by atoms with E-state index in [0.29, 0.717) is 5.69 Å². The maximum atomic E-state index is 12.0. The number of imide groups is 1. The second kappa shape index (κ2) is 5.41. The van der Waals surface area contributed by atoms with Gasteiger partial charge in [-0.25, -0.2) is 4.79 Å². The fourth-order valence-electron chi connectivity index (χ4n) is 1.38. The van der Waals surface area contributed by atoms with Crippen LogP contribution in [0.15, 0.2) is 16.9 Å². The molecule has 0 atom stereocenters. The molecule has 5 N–H and O–H groups in total. The van der Waals surface area contributed by atoms with Crippen LogP contribution in [0.25, 0.3) is 0 Å². The lowest BCUT2D eigenvalue weighted by Crippen LogP contribution is -2.40. The third-order valence-electron chi connectivity index (χ3n) is 2.22. The summed E-state index contributed by atoms with van der Waals surface area (Å²) in [6.07, 6.45) is 0. The van der Waals surface area contributed by atoms with Crippen LogP contribution in [0.2, 0.25) is 0 Å². The quantitative estimate of drug-likeness (QED) is 0.606. The number of aromatic nitrogens is 1. The molecule has 0 radical (unpaired) electrons. The van der Waals surface area contributed by atoms with E-state index in [1.165, 1.54) is 6.07 Å². The Bertz CT molecular complexity index is 579. The van der Waals surface area contributed by atoms with E-state index < -0.39 is 17.5 Å². The van der Waals surface area contributed by atoms with Gasteiger partial charge in [0.05, 0.1) is 5.56 Å². The summed E-state index contributed by atoms with van der Waals surface area (Å²) < 4.78 is 1.16. The van der Waals surface area contributed by atoms with Gasteiger partial charge in [-0.2, -0.15) is 0 Å². The number of amides is 3. The number of hydrogen-bond donors (Lipinski definition) is 3. The van der Waals surface area contributed by atoms with Crippen LogP contribution in [0.5, 0.6) is 0 Å². The summed E-state index contributed by atoms with van der Waals surface area (Å²) in [5.74, 6) is -0.687. The van der Waals surface area contributed by atoms with Crippen LogP contribution in [0.1, 0.15) is 11.3 Å². The minimum Gasteiger partial charge on any atom is -0.389 e. The summed E-state index contributed by atoms with van der Waals surface area (Å²) >= 11 is 4.73. The lowest BCUT2D eigenvalue weighted by molar-refractivity contribution is -0.120. The molecule has 0 bridgehead atoms. The zero-order valence-corrected chi connectivity index (χ0v) is 10.4. The molecule has 1 aromatic heterocycles. The Kier molecular flexibility index (Phi) is 4.16. The average Bonchev–Trinajstić information content (AvgIpc) is 2.22. The standard InChI is InChI=1S/C10H12N4O3S/c1-5-2-3-6(8(11)18)9(16)14(5)4-7(15)13-10(12)17/h2-3H,4H2,1H3,(H2,11,18)(H3,12,13,15,17). The Hall–Kier alpha value is -2.22. The first-order chi connectivity index (χ1) is 8.32. The van der Waals surface area contributed by atoms with Crippen molar-refractivity contribution in [1.82, 2.24) is 9.88 Å². The molecule has 0 aliphatic heterocycles. The maximum absolute atomic E-state index is 12.0. The van der Waals surface area contributed by atoms with Crippen LogP contribution in [0.3, 0.4) is 0 Å². The first-order valence-electron chi connectivity index (χ1n) is 4.92. The van der Waals surface area contributed by atoms with Gasteiger partial charge in [0.1, 0.15) is 11.5 Å². The number of nitrogens with one attached hydrogen (secondary N) is 1. The van der Waals surface area contributed by atoms with Gasteiger partial charge >= 0.3 is 6.03 Å². The molecule has 7 nitrogen and oxygen atoms in total. The third kappa shape index (κ3) is 3.14. The molecule has 0 unspecified atom stereocenters. The van der Waals surface area contributed by atoms with Crippen molar-refractivity contribution in [2.24, 2.45) is 11.5 Å². The summed E-state index contributed by atoms with van der Waals surface area (Å²) in [6.45, 7) is 1.31. The number of thiocarbonyl (C=S) groups is 1. The second-order valence-corrected chi connectivity index (χ2v) is 4.00. The molecular weight excluding hydrogens is 256 g/mol. The molecule has 96 valence electrons. The lowest BCUT2D eigenvalue weighted by atomic mass is 10.2. The van der Waals surface area contributed by atoms with Crippen LogP contribution in [-0.2, 0) is 11.3 Å². The molecule has 1 aromatic rings. The topological polar surface area (TPSA) is 120 Å². The van der Waals surface area contributed by atoms with Gasteiger partial charge in [-0.05, 0) is 19.1 Å². The van der Waals surface area contributed by atoms with E-state index in [-0.39, 0.29) is 17.1 Å². The number of primary amides is 1. The molecule has 3 amide bonds. The number of hydrogen-bond acceptors (Lipinski definition) is 4. The average molecular weight is 268 g/mol. The van der Waals surface area contributed by atoms with E-state index in [0.717, 1.165) is 4.57 Å². The van der Waals surface area contributed by atoms with Crippen molar-refractivity contribution in [3.8, 4) is 0 Å². The highest BCUT2D eigenvalue weighted by molar-refractivity contribution is 7.80. The second-order valence-electron chi connectivity index (χ2n) is 3.56. The Labute approximate surface area is 108 Å². The predicted molar refractivity (Wildman–Crippen MR) is 69.1 cm³/mol. The van der Waals surface area contributed by atoms with Crippen molar-refractivity contribution in [2.45, 2.75) is 13.5 Å². The molecule has 0 spiro atoms. The summed E-state index contributed by atoms with van der Waals surface area (Å²) in [4.78, 5) is 33.8. The van der Waals surface area contributed by atoms with Crippen LogP contribution in [-0.4, -0.2) is 21.5 Å². The van der Waals surface area contributed by atoms with Crippen molar-refractivity contribution < 1.29 is 9.59 Å². The summed E-state index contributed by atoms with van der Waals surface area (Å²) in [5.41, 5.74) is 10.4. The zero-order valence-electron chi connectivity index (χ0n) is 9.60. The number of pyridine rings is 1. The van der Waals surface area contributed by atoms with Crippen molar-refractivity contribution in [2.75, 3.05) is 0 Å². The van der Waals surface area contributed by atoms with Crippen molar-refractivity contribution in [3.63, 3.8) is 0 Å². The molecule has 0 aliphatic carbocycles. The highest BCUT2D eigenvalue weighted by Crippen LogP contribution is 1.98. The van der Waals surface area contributed by atoms with Gasteiger partial charge < -0.3 is 16.0 Å². The number of aryl methyl sites for hydroxylation is 1. The predicted octanol–water partition coefficient (Wildman–Crippen LogP) is -1.01. The van der Waals surface area contributed by atoms with Crippen molar-refractivity contribution in [3.05, 3.63) is 33.7 Å². The number of nitrogens with two attached hydrogens (primary N) is 2. The smallest absolute Gasteiger partial charge is 0.318 e. The molecule has 0 saturated heterocycles. The van der Waals surface area contributed by atoms with E-state index in [4.69, 9.17) is 23.7 Å². The van der Waals surface area contributed by atoms with Gasteiger partial charge in [0, 0.05) is 5.69 Å². The molecule has 0 aromatic carbocycles. The number of rotatable bonds is 3. The zero-order chi connectivity index (χ0) is 13.9. The largest absolute Gasteiger partial charge is 0.389 e. The Balaban J connectivity index is 3.13. The molecule has 8 heteroatoms. The van der Waals surface area contributed by atoms with Crippen LogP contribution < -0.4 is 22.3 Å². The third-order valence-corrected chi connectivity index (χ3v) is 2.44. The first kappa shape index (κ1) is 13.8. The van der Waals surface area contributed by atoms with E-state index in [1.54, 1.807) is 13.0 Å². The van der Waals surface area contributed by atoms with Gasteiger partial charge in [-0.1, -0.05) is 12.2 Å². The number of nitrogens with zero attached hydrogens (tertiary/aromatic N) is 1. The number of urea groups is 1. The van der Waals surface area contributed by atoms with Gasteiger partial charge in [0.25, 0.3) is 5.56 Å². The van der Waals surface area contributed by atoms with E-state index >= 15 is 0 Å². The van der Waals surface area contributed by atoms with Crippen LogP contribution in [0, 0.1) is 6.92 Å². The van der Waals surface area contributed by atoms with E-state index in [2.05, 4.69) is 0 Å². The molecule has 1 rings (SSSR count). The SMILES string of the molecule is Cc1ccc(C(N)=S)c(=O)n1CC(=O)NC(N)=O. The first-order valence-corrected chi connectivity index (χ1v) is 5.33. The molecule has 18 heavy (non-hydrogen) atoms. The van der Waals surface area contributed by atoms with Crippen molar-refractivity contribution in [1.29, 1.82) is 0 Å². The fourth-order valence-corrected chi connectivity index (χ4v) is 1.53. The van der Waals surface area contributed by atoms with E-state index in [9.17, 15) is 14.4 Å². The minimum atomic E-state index is -0.976. The molecule has 0 saturated carbocycles. The van der Waals surface area contributed by atoms with Gasteiger partial charge in [-0.3, -0.25) is 14.9 Å². The Morgan fingerprint density at radius 2 is 2.00 bits per heavy atom. The van der Waals surface area contributed by atoms with Gasteiger partial charge in [0.2, 0.25) is 5.91 Å². The van der Waals surface area contributed by atoms with Crippen LogP contribution >= 0.6 is 12.2 Å². The maximum Gasteiger partial charge on any atom is 0.318 e. The lowest BCUT2D eigenvalue weighted by Gasteiger charge is -2.10.